The first-order valence-electron chi connectivity index (χ1n) is 9.42. The highest BCUT2D eigenvalue weighted by atomic mass is 16.6. The molecule has 1 atom stereocenters. The predicted octanol–water partition coefficient (Wildman–Crippen LogP) is 1.87. The van der Waals surface area contributed by atoms with Gasteiger partial charge in [0.05, 0.1) is 24.7 Å². The number of carbonyl (C=O) groups is 2. The maximum absolute atomic E-state index is 12.2. The van der Waals surface area contributed by atoms with Gasteiger partial charge in [-0.15, -0.1) is 0 Å². The Bertz CT molecular complexity index is 973. The van der Waals surface area contributed by atoms with Crippen LogP contribution in [0.25, 0.3) is 0 Å². The lowest BCUT2D eigenvalue weighted by atomic mass is 10.1. The van der Waals surface area contributed by atoms with Gasteiger partial charge in [0.25, 0.3) is 11.6 Å². The number of anilines is 1. The highest BCUT2D eigenvalue weighted by Crippen LogP contribution is 2.27. The minimum Gasteiger partial charge on any atom is -0.497 e. The van der Waals surface area contributed by atoms with E-state index in [-0.39, 0.29) is 18.0 Å². The first-order chi connectivity index (χ1) is 14.7. The molecule has 0 aliphatic rings. The maximum atomic E-state index is 12.2. The fourth-order valence-electron chi connectivity index (χ4n) is 2.70. The van der Waals surface area contributed by atoms with Crippen LogP contribution in [0.4, 0.5) is 11.4 Å². The van der Waals surface area contributed by atoms with Crippen molar-refractivity contribution in [1.29, 1.82) is 0 Å². The van der Waals surface area contributed by atoms with Crippen molar-refractivity contribution in [3.8, 4) is 5.75 Å². The van der Waals surface area contributed by atoms with Gasteiger partial charge < -0.3 is 15.0 Å². The topological polar surface area (TPSA) is 126 Å². The van der Waals surface area contributed by atoms with Crippen molar-refractivity contribution in [2.24, 2.45) is 5.10 Å². The molecule has 0 fully saturated rings. The van der Waals surface area contributed by atoms with Crippen LogP contribution in [0.2, 0.25) is 0 Å². The number of benzene rings is 2. The second-order valence-electron chi connectivity index (χ2n) is 6.95. The summed E-state index contributed by atoms with van der Waals surface area (Å²) < 4.78 is 5.07. The van der Waals surface area contributed by atoms with E-state index in [9.17, 15) is 19.7 Å². The SMILES string of the molecule is COc1ccc(CC(=O)NC(C)C(=O)NN=Cc2ccc(N(C)C)c([N+](=O)[O-])c2)cc1. The Morgan fingerprint density at radius 2 is 1.90 bits per heavy atom. The first kappa shape index (κ1) is 23.3. The molecular formula is C21H25N5O5. The molecular weight excluding hydrogens is 402 g/mol. The van der Waals surface area contributed by atoms with Gasteiger partial charge in [0.1, 0.15) is 17.5 Å². The second kappa shape index (κ2) is 10.7. The van der Waals surface area contributed by atoms with Crippen LogP contribution >= 0.6 is 0 Å². The zero-order valence-corrected chi connectivity index (χ0v) is 17.8. The third kappa shape index (κ3) is 6.81. The Morgan fingerprint density at radius 3 is 2.48 bits per heavy atom. The molecule has 2 N–H and O–H groups in total. The summed E-state index contributed by atoms with van der Waals surface area (Å²) in [6.07, 6.45) is 1.42. The zero-order chi connectivity index (χ0) is 23.0. The number of nitro groups is 1. The molecule has 31 heavy (non-hydrogen) atoms. The van der Waals surface area contributed by atoms with E-state index in [1.165, 1.54) is 19.2 Å². The van der Waals surface area contributed by atoms with Gasteiger partial charge in [-0.25, -0.2) is 5.43 Å². The number of nitrogens with one attached hydrogen (secondary N) is 2. The predicted molar refractivity (Wildman–Crippen MR) is 117 cm³/mol. The van der Waals surface area contributed by atoms with Crippen molar-refractivity contribution in [1.82, 2.24) is 10.7 Å². The molecule has 10 nitrogen and oxygen atoms in total. The van der Waals surface area contributed by atoms with Gasteiger partial charge in [-0.2, -0.15) is 5.10 Å². The monoisotopic (exact) mass is 427 g/mol. The molecule has 164 valence electrons. The fraction of sp³-hybridized carbons (Fsp3) is 0.286. The zero-order valence-electron chi connectivity index (χ0n) is 17.8. The van der Waals surface area contributed by atoms with Crippen LogP contribution in [0, 0.1) is 10.1 Å². The van der Waals surface area contributed by atoms with Gasteiger partial charge in [0.15, 0.2) is 0 Å². The van der Waals surface area contributed by atoms with Gasteiger partial charge >= 0.3 is 0 Å². The molecule has 1 unspecified atom stereocenters. The molecule has 2 rings (SSSR count). The minimum atomic E-state index is -0.812. The summed E-state index contributed by atoms with van der Waals surface area (Å²) in [5.41, 5.74) is 3.94. The van der Waals surface area contributed by atoms with Gasteiger partial charge in [-0.1, -0.05) is 18.2 Å². The number of hydrogen-bond acceptors (Lipinski definition) is 7. The number of carbonyl (C=O) groups excluding carboxylic acids is 2. The fourth-order valence-corrected chi connectivity index (χ4v) is 2.70. The number of hydrogen-bond donors (Lipinski definition) is 2. The summed E-state index contributed by atoms with van der Waals surface area (Å²) in [5.74, 6) is -0.137. The molecule has 0 aromatic heterocycles. The van der Waals surface area contributed by atoms with E-state index in [0.717, 1.165) is 5.56 Å². The standard InChI is InChI=1S/C21H25N5O5/c1-14(23-20(27)12-15-5-8-17(31-4)9-6-15)21(28)24-22-13-16-7-10-18(25(2)3)19(11-16)26(29)30/h5-11,13-14H,12H2,1-4H3,(H,23,27)(H,24,28). The molecule has 0 saturated carbocycles. The van der Waals surface area contributed by atoms with Crippen molar-refractivity contribution < 1.29 is 19.2 Å². The van der Waals surface area contributed by atoms with Gasteiger partial charge in [0, 0.05) is 25.7 Å². The van der Waals surface area contributed by atoms with Crippen molar-refractivity contribution in [2.45, 2.75) is 19.4 Å². The highest BCUT2D eigenvalue weighted by molar-refractivity contribution is 5.89. The third-order valence-corrected chi connectivity index (χ3v) is 4.36. The Hall–Kier alpha value is -3.95. The van der Waals surface area contributed by atoms with Gasteiger partial charge in [-0.3, -0.25) is 19.7 Å². The summed E-state index contributed by atoms with van der Waals surface area (Å²) in [5, 5.41) is 17.7. The summed E-state index contributed by atoms with van der Waals surface area (Å²) in [6.45, 7) is 1.54. The van der Waals surface area contributed by atoms with Crippen molar-refractivity contribution in [3.05, 3.63) is 63.7 Å². The van der Waals surface area contributed by atoms with E-state index < -0.39 is 16.9 Å². The van der Waals surface area contributed by atoms with E-state index >= 15 is 0 Å². The summed E-state index contributed by atoms with van der Waals surface area (Å²) in [7, 11) is 4.98. The van der Waals surface area contributed by atoms with Crippen LogP contribution in [0.1, 0.15) is 18.1 Å². The quantitative estimate of drug-likeness (QED) is 0.357. The van der Waals surface area contributed by atoms with E-state index in [2.05, 4.69) is 15.8 Å². The second-order valence-corrected chi connectivity index (χ2v) is 6.95. The summed E-state index contributed by atoms with van der Waals surface area (Å²) >= 11 is 0. The maximum Gasteiger partial charge on any atom is 0.293 e. The molecule has 0 heterocycles. The van der Waals surface area contributed by atoms with Crippen molar-refractivity contribution >= 4 is 29.4 Å². The van der Waals surface area contributed by atoms with E-state index in [4.69, 9.17) is 4.74 Å². The number of methoxy groups -OCH3 is 1. The van der Waals surface area contributed by atoms with E-state index in [1.807, 2.05) is 0 Å². The van der Waals surface area contributed by atoms with Crippen LogP contribution in [0.5, 0.6) is 5.75 Å². The van der Waals surface area contributed by atoms with E-state index in [0.29, 0.717) is 17.0 Å². The average molecular weight is 427 g/mol. The van der Waals surface area contributed by atoms with Crippen LogP contribution < -0.4 is 20.4 Å². The Labute approximate surface area is 180 Å². The number of rotatable bonds is 9. The number of hydrazone groups is 1. The van der Waals surface area contributed by atoms with Crippen LogP contribution in [-0.2, 0) is 16.0 Å². The van der Waals surface area contributed by atoms with Crippen LogP contribution in [-0.4, -0.2) is 50.2 Å². The van der Waals surface area contributed by atoms with Crippen LogP contribution in [0.3, 0.4) is 0 Å². The van der Waals surface area contributed by atoms with Crippen LogP contribution in [0.15, 0.2) is 47.6 Å². The van der Waals surface area contributed by atoms with Crippen molar-refractivity contribution in [3.63, 3.8) is 0 Å². The molecule has 2 amide bonds. The molecule has 10 heteroatoms. The molecule has 0 saturated heterocycles. The summed E-state index contributed by atoms with van der Waals surface area (Å²) in [6, 6.07) is 10.9. The molecule has 2 aromatic rings. The number of nitro benzene ring substituents is 1. The summed E-state index contributed by atoms with van der Waals surface area (Å²) in [4.78, 5) is 36.7. The minimum absolute atomic E-state index is 0.0700. The largest absolute Gasteiger partial charge is 0.497 e. The molecule has 0 spiro atoms. The molecule has 0 bridgehead atoms. The number of amides is 2. The lowest BCUT2D eigenvalue weighted by molar-refractivity contribution is -0.384. The lowest BCUT2D eigenvalue weighted by Gasteiger charge is -2.13. The smallest absolute Gasteiger partial charge is 0.293 e. The molecule has 0 aliphatic heterocycles. The molecule has 0 radical (unpaired) electrons. The Balaban J connectivity index is 1.90. The number of ether oxygens (including phenoxy) is 1. The molecule has 0 aliphatic carbocycles. The Kier molecular flexibility index (Phi) is 8.07. The third-order valence-electron chi connectivity index (χ3n) is 4.36. The first-order valence-corrected chi connectivity index (χ1v) is 9.42. The number of nitrogens with zero attached hydrogens (tertiary/aromatic N) is 3. The highest BCUT2D eigenvalue weighted by Gasteiger charge is 2.17. The molecule has 2 aromatic carbocycles. The van der Waals surface area contributed by atoms with Crippen molar-refractivity contribution in [2.75, 3.05) is 26.1 Å². The van der Waals surface area contributed by atoms with E-state index in [1.54, 1.807) is 62.5 Å². The lowest BCUT2D eigenvalue weighted by Crippen LogP contribution is -2.43. The normalized spacial score (nSPS) is 11.6. The Morgan fingerprint density at radius 1 is 1.23 bits per heavy atom. The van der Waals surface area contributed by atoms with Gasteiger partial charge in [-0.05, 0) is 30.7 Å². The van der Waals surface area contributed by atoms with Gasteiger partial charge in [0.2, 0.25) is 5.91 Å². The average Bonchev–Trinajstić information content (AvgIpc) is 2.73.